The standard InChI is InChI=1S/C19H25NO/c1-4-19(16-11-9-15(2)10-12-16)20-13-17-7-5-6-8-18(17)14-21-3/h5-12,19-20H,4,13-14H2,1-3H3. The summed E-state index contributed by atoms with van der Waals surface area (Å²) in [5.41, 5.74) is 5.22. The zero-order valence-electron chi connectivity index (χ0n) is 13.2. The fourth-order valence-electron chi connectivity index (χ4n) is 2.56. The molecular formula is C19H25NO. The molecule has 1 N–H and O–H groups in total. The van der Waals surface area contributed by atoms with E-state index >= 15 is 0 Å². The molecule has 0 aliphatic rings. The first kappa shape index (κ1) is 15.7. The number of methoxy groups -OCH3 is 1. The first-order chi connectivity index (χ1) is 10.2. The molecule has 0 aliphatic heterocycles. The van der Waals surface area contributed by atoms with E-state index in [1.165, 1.54) is 22.3 Å². The van der Waals surface area contributed by atoms with Gasteiger partial charge >= 0.3 is 0 Å². The Labute approximate surface area is 128 Å². The minimum atomic E-state index is 0.390. The zero-order chi connectivity index (χ0) is 15.1. The number of aryl methyl sites for hydroxylation is 1. The van der Waals surface area contributed by atoms with Crippen molar-refractivity contribution in [2.45, 2.75) is 39.5 Å². The lowest BCUT2D eigenvalue weighted by atomic mass is 10.0. The van der Waals surface area contributed by atoms with E-state index in [9.17, 15) is 0 Å². The third kappa shape index (κ3) is 4.42. The lowest BCUT2D eigenvalue weighted by Gasteiger charge is -2.19. The second-order valence-electron chi connectivity index (χ2n) is 5.45. The van der Waals surface area contributed by atoms with Crippen LogP contribution in [-0.4, -0.2) is 7.11 Å². The summed E-state index contributed by atoms with van der Waals surface area (Å²) >= 11 is 0. The molecule has 2 aromatic carbocycles. The molecule has 0 aliphatic carbocycles. The quantitative estimate of drug-likeness (QED) is 0.814. The molecule has 0 saturated heterocycles. The predicted octanol–water partition coefficient (Wildman–Crippen LogP) is 4.38. The van der Waals surface area contributed by atoms with Crippen molar-refractivity contribution in [3.63, 3.8) is 0 Å². The van der Waals surface area contributed by atoms with Gasteiger partial charge in [-0.15, -0.1) is 0 Å². The minimum Gasteiger partial charge on any atom is -0.380 e. The van der Waals surface area contributed by atoms with Crippen molar-refractivity contribution in [2.24, 2.45) is 0 Å². The topological polar surface area (TPSA) is 21.3 Å². The Morgan fingerprint density at radius 1 is 1.00 bits per heavy atom. The Bertz CT molecular complexity index is 548. The van der Waals surface area contributed by atoms with Gasteiger partial charge in [0.25, 0.3) is 0 Å². The number of ether oxygens (including phenoxy) is 1. The smallest absolute Gasteiger partial charge is 0.0716 e. The van der Waals surface area contributed by atoms with Crippen molar-refractivity contribution in [1.29, 1.82) is 0 Å². The van der Waals surface area contributed by atoms with Crippen LogP contribution in [0.4, 0.5) is 0 Å². The Hall–Kier alpha value is -1.64. The fourth-order valence-corrected chi connectivity index (χ4v) is 2.56. The van der Waals surface area contributed by atoms with Crippen molar-refractivity contribution < 1.29 is 4.74 Å². The Morgan fingerprint density at radius 2 is 1.67 bits per heavy atom. The highest BCUT2D eigenvalue weighted by Crippen LogP contribution is 2.19. The Morgan fingerprint density at radius 3 is 2.29 bits per heavy atom. The highest BCUT2D eigenvalue weighted by Gasteiger charge is 2.09. The summed E-state index contributed by atoms with van der Waals surface area (Å²) < 4.78 is 5.27. The van der Waals surface area contributed by atoms with E-state index in [1.54, 1.807) is 7.11 Å². The molecule has 0 amide bonds. The van der Waals surface area contributed by atoms with Gasteiger partial charge in [-0.1, -0.05) is 61.0 Å². The third-order valence-corrected chi connectivity index (χ3v) is 3.85. The number of rotatable bonds is 7. The monoisotopic (exact) mass is 283 g/mol. The van der Waals surface area contributed by atoms with Gasteiger partial charge in [-0.3, -0.25) is 0 Å². The van der Waals surface area contributed by atoms with E-state index in [1.807, 2.05) is 0 Å². The molecular weight excluding hydrogens is 258 g/mol. The number of benzene rings is 2. The summed E-state index contributed by atoms with van der Waals surface area (Å²) in [7, 11) is 1.74. The zero-order valence-corrected chi connectivity index (χ0v) is 13.2. The maximum atomic E-state index is 5.27. The van der Waals surface area contributed by atoms with E-state index < -0.39 is 0 Å². The van der Waals surface area contributed by atoms with Crippen LogP contribution in [0.3, 0.4) is 0 Å². The van der Waals surface area contributed by atoms with Gasteiger partial charge in [-0.05, 0) is 30.0 Å². The Kier molecular flexibility index (Phi) is 5.97. The van der Waals surface area contributed by atoms with Gasteiger partial charge in [-0.25, -0.2) is 0 Å². The molecule has 2 aromatic rings. The molecule has 21 heavy (non-hydrogen) atoms. The molecule has 112 valence electrons. The molecule has 0 radical (unpaired) electrons. The first-order valence-electron chi connectivity index (χ1n) is 7.60. The lowest BCUT2D eigenvalue weighted by molar-refractivity contribution is 0.184. The van der Waals surface area contributed by atoms with E-state index in [0.717, 1.165) is 13.0 Å². The third-order valence-electron chi connectivity index (χ3n) is 3.85. The minimum absolute atomic E-state index is 0.390. The largest absolute Gasteiger partial charge is 0.380 e. The molecule has 1 unspecified atom stereocenters. The summed E-state index contributed by atoms with van der Waals surface area (Å²) in [6.45, 7) is 5.88. The maximum absolute atomic E-state index is 5.27. The van der Waals surface area contributed by atoms with Gasteiger partial charge in [0.05, 0.1) is 6.61 Å². The molecule has 0 bridgehead atoms. The van der Waals surface area contributed by atoms with Crippen LogP contribution in [0.1, 0.15) is 41.6 Å². The van der Waals surface area contributed by atoms with Gasteiger partial charge < -0.3 is 10.1 Å². The van der Waals surface area contributed by atoms with E-state index in [2.05, 4.69) is 67.7 Å². The SMILES string of the molecule is CCC(NCc1ccccc1COC)c1ccc(C)cc1. The van der Waals surface area contributed by atoms with Crippen LogP contribution in [0.15, 0.2) is 48.5 Å². The highest BCUT2D eigenvalue weighted by molar-refractivity contribution is 5.28. The van der Waals surface area contributed by atoms with E-state index in [4.69, 9.17) is 4.74 Å². The fraction of sp³-hybridized carbons (Fsp3) is 0.368. The van der Waals surface area contributed by atoms with Gasteiger partial charge in [0.15, 0.2) is 0 Å². The van der Waals surface area contributed by atoms with Gasteiger partial charge in [0, 0.05) is 19.7 Å². The van der Waals surface area contributed by atoms with E-state index in [-0.39, 0.29) is 0 Å². The molecule has 2 nitrogen and oxygen atoms in total. The van der Waals surface area contributed by atoms with Crippen molar-refractivity contribution in [3.05, 3.63) is 70.8 Å². The van der Waals surface area contributed by atoms with Crippen LogP contribution in [0, 0.1) is 6.92 Å². The molecule has 1 atom stereocenters. The van der Waals surface area contributed by atoms with Crippen molar-refractivity contribution in [1.82, 2.24) is 5.32 Å². The van der Waals surface area contributed by atoms with Crippen molar-refractivity contribution in [2.75, 3.05) is 7.11 Å². The summed E-state index contributed by atoms with van der Waals surface area (Å²) in [5, 5.41) is 3.66. The Balaban J connectivity index is 2.05. The van der Waals surface area contributed by atoms with Gasteiger partial charge in [0.2, 0.25) is 0 Å². The summed E-state index contributed by atoms with van der Waals surface area (Å²) in [6.07, 6.45) is 1.08. The summed E-state index contributed by atoms with van der Waals surface area (Å²) in [6, 6.07) is 17.6. The summed E-state index contributed by atoms with van der Waals surface area (Å²) in [4.78, 5) is 0. The summed E-state index contributed by atoms with van der Waals surface area (Å²) in [5.74, 6) is 0. The van der Waals surface area contributed by atoms with E-state index in [0.29, 0.717) is 12.6 Å². The van der Waals surface area contributed by atoms with Crippen LogP contribution in [0.5, 0.6) is 0 Å². The number of hydrogen-bond donors (Lipinski definition) is 1. The van der Waals surface area contributed by atoms with Crippen LogP contribution >= 0.6 is 0 Å². The predicted molar refractivity (Wildman–Crippen MR) is 88.2 cm³/mol. The second-order valence-corrected chi connectivity index (χ2v) is 5.45. The molecule has 0 aromatic heterocycles. The normalized spacial score (nSPS) is 12.3. The molecule has 0 heterocycles. The molecule has 2 heteroatoms. The van der Waals surface area contributed by atoms with Crippen molar-refractivity contribution >= 4 is 0 Å². The maximum Gasteiger partial charge on any atom is 0.0716 e. The molecule has 0 spiro atoms. The number of hydrogen-bond acceptors (Lipinski definition) is 2. The lowest BCUT2D eigenvalue weighted by Crippen LogP contribution is -2.21. The molecule has 0 fully saturated rings. The van der Waals surface area contributed by atoms with Crippen molar-refractivity contribution in [3.8, 4) is 0 Å². The van der Waals surface area contributed by atoms with Gasteiger partial charge in [0.1, 0.15) is 0 Å². The van der Waals surface area contributed by atoms with Crippen LogP contribution < -0.4 is 5.32 Å². The highest BCUT2D eigenvalue weighted by atomic mass is 16.5. The van der Waals surface area contributed by atoms with Crippen LogP contribution in [-0.2, 0) is 17.9 Å². The molecule has 2 rings (SSSR count). The number of nitrogens with one attached hydrogen (secondary N) is 1. The average Bonchev–Trinajstić information content (AvgIpc) is 2.51. The second kappa shape index (κ2) is 7.96. The first-order valence-corrected chi connectivity index (χ1v) is 7.60. The van der Waals surface area contributed by atoms with Crippen LogP contribution in [0.25, 0.3) is 0 Å². The average molecular weight is 283 g/mol. The van der Waals surface area contributed by atoms with Gasteiger partial charge in [-0.2, -0.15) is 0 Å². The molecule has 0 saturated carbocycles. The van der Waals surface area contributed by atoms with Crippen LogP contribution in [0.2, 0.25) is 0 Å².